The van der Waals surface area contributed by atoms with Crippen LogP contribution >= 0.6 is 0 Å². The van der Waals surface area contributed by atoms with Crippen molar-refractivity contribution in [3.05, 3.63) is 69.9 Å². The van der Waals surface area contributed by atoms with Gasteiger partial charge in [0.15, 0.2) is 0 Å². The number of hydrogen-bond donors (Lipinski definition) is 2. The van der Waals surface area contributed by atoms with E-state index in [9.17, 15) is 14.9 Å². The van der Waals surface area contributed by atoms with E-state index in [0.29, 0.717) is 24.5 Å². The molecule has 29 heavy (non-hydrogen) atoms. The summed E-state index contributed by atoms with van der Waals surface area (Å²) >= 11 is 0. The summed E-state index contributed by atoms with van der Waals surface area (Å²) in [5.41, 5.74) is 2.14. The number of carbonyl (C=O) groups excluding carboxylic acids is 1. The number of nitro groups is 1. The Morgan fingerprint density at radius 2 is 2.00 bits per heavy atom. The van der Waals surface area contributed by atoms with Crippen LogP contribution in [0.5, 0.6) is 5.75 Å². The molecule has 1 amide bonds. The van der Waals surface area contributed by atoms with Crippen molar-refractivity contribution in [3.8, 4) is 5.75 Å². The quantitative estimate of drug-likeness (QED) is 0.327. The molecule has 0 spiro atoms. The Labute approximate surface area is 168 Å². The van der Waals surface area contributed by atoms with Crippen LogP contribution in [0.1, 0.15) is 23.5 Å². The molecule has 8 heteroatoms. The first-order valence-corrected chi connectivity index (χ1v) is 9.19. The van der Waals surface area contributed by atoms with E-state index < -0.39 is 10.8 Å². The predicted octanol–water partition coefficient (Wildman–Crippen LogP) is 3.37. The molecule has 3 rings (SSSR count). The molecule has 2 N–H and O–H groups in total. The molecule has 8 nitrogen and oxygen atoms in total. The molecule has 1 aromatic heterocycles. The maximum Gasteiger partial charge on any atom is 0.273 e. The van der Waals surface area contributed by atoms with Crippen molar-refractivity contribution in [2.24, 2.45) is 0 Å². The van der Waals surface area contributed by atoms with Crippen molar-refractivity contribution in [1.29, 1.82) is 0 Å². The molecule has 1 atom stereocenters. The highest BCUT2D eigenvalue weighted by molar-refractivity contribution is 5.87. The smallest absolute Gasteiger partial charge is 0.273 e. The summed E-state index contributed by atoms with van der Waals surface area (Å²) in [5.74, 6) is -0.0355. The maximum absolute atomic E-state index is 12.6. The molecule has 1 heterocycles. The van der Waals surface area contributed by atoms with E-state index in [2.05, 4.69) is 10.3 Å². The van der Waals surface area contributed by atoms with Gasteiger partial charge in [0, 0.05) is 54.7 Å². The van der Waals surface area contributed by atoms with E-state index in [1.807, 2.05) is 18.2 Å². The maximum atomic E-state index is 12.6. The van der Waals surface area contributed by atoms with Gasteiger partial charge in [-0.05, 0) is 23.8 Å². The first kappa shape index (κ1) is 20.3. The average molecular weight is 397 g/mol. The summed E-state index contributed by atoms with van der Waals surface area (Å²) in [6.45, 7) is 0.771. The number of benzene rings is 2. The van der Waals surface area contributed by atoms with Crippen LogP contribution in [0.4, 0.5) is 5.69 Å². The fourth-order valence-electron chi connectivity index (χ4n) is 3.42. The molecular weight excluding hydrogens is 374 g/mol. The molecule has 152 valence electrons. The lowest BCUT2D eigenvalue weighted by molar-refractivity contribution is -0.385. The van der Waals surface area contributed by atoms with E-state index >= 15 is 0 Å². The topological polar surface area (TPSA) is 106 Å². The minimum Gasteiger partial charge on any atom is -0.497 e. The van der Waals surface area contributed by atoms with E-state index in [1.54, 1.807) is 38.6 Å². The van der Waals surface area contributed by atoms with Crippen LogP contribution in [0, 0.1) is 10.1 Å². The highest BCUT2D eigenvalue weighted by Gasteiger charge is 2.27. The van der Waals surface area contributed by atoms with E-state index in [-0.39, 0.29) is 18.0 Å². The van der Waals surface area contributed by atoms with Crippen molar-refractivity contribution in [3.63, 3.8) is 0 Å². The Bertz CT molecular complexity index is 1010. The van der Waals surface area contributed by atoms with Crippen molar-refractivity contribution < 1.29 is 19.2 Å². The third-order valence-electron chi connectivity index (χ3n) is 4.82. The number of aromatic amines is 1. The van der Waals surface area contributed by atoms with Crippen LogP contribution in [-0.4, -0.2) is 43.2 Å². The molecule has 0 aliphatic carbocycles. The summed E-state index contributed by atoms with van der Waals surface area (Å²) in [6.07, 6.45) is 1.87. The third-order valence-corrected chi connectivity index (χ3v) is 4.82. The van der Waals surface area contributed by atoms with Crippen LogP contribution in [-0.2, 0) is 9.53 Å². The first-order chi connectivity index (χ1) is 14.0. The third kappa shape index (κ3) is 4.55. The van der Waals surface area contributed by atoms with E-state index in [0.717, 1.165) is 16.5 Å². The van der Waals surface area contributed by atoms with Gasteiger partial charge in [0.25, 0.3) is 5.69 Å². The molecule has 0 saturated carbocycles. The normalized spacial score (nSPS) is 11.9. The standard InChI is InChI=1S/C21H23N3O5/c1-28-10-9-22-21(25)12-16(15-5-3-4-6-20(15)24(26)27)18-13-23-19-8-7-14(29-2)11-17(18)19/h3-8,11,13,16,23H,9-10,12H2,1-2H3,(H,22,25)/t16-/m0/s1. The van der Waals surface area contributed by atoms with Gasteiger partial charge in [0.1, 0.15) is 5.75 Å². The minimum absolute atomic E-state index is 0.0144. The van der Waals surface area contributed by atoms with Crippen molar-refractivity contribution in [2.45, 2.75) is 12.3 Å². The highest BCUT2D eigenvalue weighted by Crippen LogP contribution is 2.38. The van der Waals surface area contributed by atoms with Crippen LogP contribution in [0.3, 0.4) is 0 Å². The Morgan fingerprint density at radius 1 is 1.21 bits per heavy atom. The zero-order valence-electron chi connectivity index (χ0n) is 16.3. The molecule has 0 aliphatic rings. The zero-order valence-corrected chi connectivity index (χ0v) is 16.3. The monoisotopic (exact) mass is 397 g/mol. The second-order valence-corrected chi connectivity index (χ2v) is 6.57. The van der Waals surface area contributed by atoms with Crippen LogP contribution in [0.2, 0.25) is 0 Å². The second-order valence-electron chi connectivity index (χ2n) is 6.57. The summed E-state index contributed by atoms with van der Waals surface area (Å²) in [4.78, 5) is 27.0. The second kappa shape index (κ2) is 9.20. The molecule has 0 aliphatic heterocycles. The molecular formula is C21H23N3O5. The van der Waals surface area contributed by atoms with Crippen molar-refractivity contribution in [1.82, 2.24) is 10.3 Å². The van der Waals surface area contributed by atoms with Gasteiger partial charge >= 0.3 is 0 Å². The van der Waals surface area contributed by atoms with Crippen molar-refractivity contribution >= 4 is 22.5 Å². The lowest BCUT2D eigenvalue weighted by Crippen LogP contribution is -2.28. The van der Waals surface area contributed by atoms with Gasteiger partial charge in [-0.1, -0.05) is 18.2 Å². The molecule has 0 radical (unpaired) electrons. The van der Waals surface area contributed by atoms with Crippen LogP contribution in [0.15, 0.2) is 48.7 Å². The number of aromatic nitrogens is 1. The van der Waals surface area contributed by atoms with Gasteiger partial charge in [-0.3, -0.25) is 14.9 Å². The number of ether oxygens (including phenoxy) is 2. The Kier molecular flexibility index (Phi) is 6.46. The van der Waals surface area contributed by atoms with Crippen LogP contribution in [0.25, 0.3) is 10.9 Å². The van der Waals surface area contributed by atoms with Gasteiger partial charge in [-0.25, -0.2) is 0 Å². The van der Waals surface area contributed by atoms with E-state index in [4.69, 9.17) is 9.47 Å². The van der Waals surface area contributed by atoms with Gasteiger partial charge in [0.05, 0.1) is 18.6 Å². The largest absolute Gasteiger partial charge is 0.497 e. The number of methoxy groups -OCH3 is 2. The Hall–Kier alpha value is -3.39. The fraction of sp³-hybridized carbons (Fsp3) is 0.286. The molecule has 0 fully saturated rings. The number of fused-ring (bicyclic) bond motifs is 1. The number of H-pyrrole nitrogens is 1. The fourth-order valence-corrected chi connectivity index (χ4v) is 3.42. The van der Waals surface area contributed by atoms with E-state index in [1.165, 1.54) is 6.07 Å². The number of amides is 1. The SMILES string of the molecule is COCCNC(=O)C[C@@H](c1ccccc1[N+](=O)[O-])c1c[nH]c2ccc(OC)cc12. The van der Waals surface area contributed by atoms with Gasteiger partial charge in [-0.2, -0.15) is 0 Å². The highest BCUT2D eigenvalue weighted by atomic mass is 16.6. The lowest BCUT2D eigenvalue weighted by atomic mass is 9.87. The molecule has 0 unspecified atom stereocenters. The summed E-state index contributed by atoms with van der Waals surface area (Å²) in [6, 6.07) is 12.1. The number of rotatable bonds is 9. The van der Waals surface area contributed by atoms with Crippen LogP contribution < -0.4 is 10.1 Å². The Morgan fingerprint density at radius 3 is 2.72 bits per heavy atom. The number of nitro benzene ring substituents is 1. The molecule has 3 aromatic rings. The van der Waals surface area contributed by atoms with Gasteiger partial charge < -0.3 is 19.8 Å². The number of para-hydroxylation sites is 1. The number of carbonyl (C=O) groups is 1. The predicted molar refractivity (Wildman–Crippen MR) is 109 cm³/mol. The number of nitrogens with one attached hydrogen (secondary N) is 2. The van der Waals surface area contributed by atoms with Gasteiger partial charge in [-0.15, -0.1) is 0 Å². The summed E-state index contributed by atoms with van der Waals surface area (Å²) < 4.78 is 10.3. The number of hydrogen-bond acceptors (Lipinski definition) is 5. The lowest BCUT2D eigenvalue weighted by Gasteiger charge is -2.17. The molecule has 0 bridgehead atoms. The Balaban J connectivity index is 2.06. The number of nitrogens with zero attached hydrogens (tertiary/aromatic N) is 1. The summed E-state index contributed by atoms with van der Waals surface area (Å²) in [7, 11) is 3.14. The van der Waals surface area contributed by atoms with Crippen molar-refractivity contribution in [2.75, 3.05) is 27.4 Å². The summed E-state index contributed by atoms with van der Waals surface area (Å²) in [5, 5.41) is 15.3. The first-order valence-electron chi connectivity index (χ1n) is 9.19. The molecule has 0 saturated heterocycles. The van der Waals surface area contributed by atoms with Gasteiger partial charge in [0.2, 0.25) is 5.91 Å². The average Bonchev–Trinajstić information content (AvgIpc) is 3.15. The zero-order chi connectivity index (χ0) is 20.8. The molecule has 2 aromatic carbocycles. The minimum atomic E-state index is -0.500.